The summed E-state index contributed by atoms with van der Waals surface area (Å²) in [6.07, 6.45) is 2.01. The predicted octanol–water partition coefficient (Wildman–Crippen LogP) is 3.04. The fourth-order valence-electron chi connectivity index (χ4n) is 2.63. The molecule has 0 bridgehead atoms. The molecule has 23 heavy (non-hydrogen) atoms. The average Bonchev–Trinajstić information content (AvgIpc) is 2.55. The number of fused-ring (bicyclic) bond motifs is 1. The van der Waals surface area contributed by atoms with E-state index < -0.39 is 17.2 Å². The van der Waals surface area contributed by atoms with Crippen molar-refractivity contribution in [3.05, 3.63) is 70.1 Å². The van der Waals surface area contributed by atoms with Crippen LogP contribution in [0.25, 0.3) is 16.7 Å². The summed E-state index contributed by atoms with van der Waals surface area (Å²) < 4.78 is 1.40. The maximum absolute atomic E-state index is 12.6. The molecule has 0 aliphatic heterocycles. The van der Waals surface area contributed by atoms with Crippen molar-refractivity contribution in [3.8, 4) is 5.69 Å². The first-order chi connectivity index (χ1) is 11.1. The zero-order chi connectivity index (χ0) is 16.4. The molecule has 2 aromatic carbocycles. The third-order valence-electron chi connectivity index (χ3n) is 3.70. The summed E-state index contributed by atoms with van der Waals surface area (Å²) in [5.74, 6) is -1.32. The molecule has 0 unspecified atom stereocenters. The maximum atomic E-state index is 12.6. The second-order valence-corrected chi connectivity index (χ2v) is 5.31. The molecular weight excluding hydrogens is 292 g/mol. The Balaban J connectivity index is 2.28. The average molecular weight is 308 g/mol. The molecule has 3 rings (SSSR count). The van der Waals surface area contributed by atoms with Crippen molar-refractivity contribution < 1.29 is 9.90 Å². The van der Waals surface area contributed by atoms with Crippen molar-refractivity contribution in [1.82, 2.24) is 9.55 Å². The van der Waals surface area contributed by atoms with Gasteiger partial charge in [-0.25, -0.2) is 9.78 Å². The number of aromatic nitrogens is 2. The number of hydrogen-bond donors (Lipinski definition) is 1. The molecule has 0 saturated heterocycles. The number of carboxylic acid groups (broad SMARTS) is 1. The number of aryl methyl sites for hydroxylation is 1. The minimum atomic E-state index is -1.32. The summed E-state index contributed by atoms with van der Waals surface area (Å²) in [4.78, 5) is 27.8. The molecule has 0 amide bonds. The molecule has 3 aromatic rings. The number of hydrogen-bond acceptors (Lipinski definition) is 3. The van der Waals surface area contributed by atoms with Gasteiger partial charge in [0.25, 0.3) is 5.56 Å². The summed E-state index contributed by atoms with van der Waals surface area (Å²) in [6, 6.07) is 14.6. The molecule has 0 aliphatic rings. The highest BCUT2D eigenvalue weighted by Gasteiger charge is 2.17. The number of rotatable bonds is 4. The van der Waals surface area contributed by atoms with Gasteiger partial charge in [0.15, 0.2) is 0 Å². The monoisotopic (exact) mass is 308 g/mol. The molecule has 0 saturated carbocycles. The van der Waals surface area contributed by atoms with Crippen LogP contribution in [0.4, 0.5) is 0 Å². The van der Waals surface area contributed by atoms with Crippen molar-refractivity contribution in [2.45, 2.75) is 19.8 Å². The number of benzene rings is 2. The Kier molecular flexibility index (Phi) is 3.93. The third-order valence-corrected chi connectivity index (χ3v) is 3.70. The number of para-hydroxylation sites is 2. The molecule has 5 heteroatoms. The van der Waals surface area contributed by atoms with Crippen LogP contribution in [0.1, 0.15) is 29.4 Å². The largest absolute Gasteiger partial charge is 0.476 e. The van der Waals surface area contributed by atoms with Crippen molar-refractivity contribution >= 4 is 17.0 Å². The van der Waals surface area contributed by atoms with Gasteiger partial charge < -0.3 is 5.11 Å². The summed E-state index contributed by atoms with van der Waals surface area (Å²) in [6.45, 7) is 2.11. The van der Waals surface area contributed by atoms with E-state index in [1.54, 1.807) is 24.3 Å². The van der Waals surface area contributed by atoms with E-state index in [0.717, 1.165) is 12.8 Å². The molecular formula is C18H16N2O3. The van der Waals surface area contributed by atoms with Crippen molar-refractivity contribution in [2.24, 2.45) is 0 Å². The van der Waals surface area contributed by atoms with Crippen molar-refractivity contribution in [2.75, 3.05) is 0 Å². The minimum absolute atomic E-state index is 0.471. The van der Waals surface area contributed by atoms with Crippen molar-refractivity contribution in [3.63, 3.8) is 0 Å². The van der Waals surface area contributed by atoms with Crippen LogP contribution in [0.3, 0.4) is 0 Å². The van der Waals surface area contributed by atoms with Gasteiger partial charge in [0.2, 0.25) is 5.69 Å². The summed E-state index contributed by atoms with van der Waals surface area (Å²) in [5.41, 5.74) is 1.78. The standard InChI is InChI=1S/C18H16N2O3/c1-2-5-12-8-10-13(11-9-12)20-15-7-4-3-6-14(15)19-16(17(20)21)18(22)23/h3-4,6-11H,2,5H2,1H3,(H,22,23). The first kappa shape index (κ1) is 15.0. The molecule has 1 N–H and O–H groups in total. The highest BCUT2D eigenvalue weighted by Crippen LogP contribution is 2.16. The number of carbonyl (C=O) groups is 1. The van der Waals surface area contributed by atoms with Crippen LogP contribution in [0.15, 0.2) is 53.3 Å². The van der Waals surface area contributed by atoms with E-state index in [0.29, 0.717) is 16.7 Å². The Morgan fingerprint density at radius 1 is 1.13 bits per heavy atom. The lowest BCUT2D eigenvalue weighted by molar-refractivity contribution is 0.0688. The first-order valence-electron chi connectivity index (χ1n) is 7.46. The number of aromatic carboxylic acids is 1. The molecule has 0 aliphatic carbocycles. The van der Waals surface area contributed by atoms with E-state index in [2.05, 4.69) is 11.9 Å². The van der Waals surface area contributed by atoms with E-state index in [4.69, 9.17) is 0 Å². The van der Waals surface area contributed by atoms with E-state index in [1.807, 2.05) is 24.3 Å². The van der Waals surface area contributed by atoms with Gasteiger partial charge in [-0.2, -0.15) is 0 Å². The maximum Gasteiger partial charge on any atom is 0.360 e. The minimum Gasteiger partial charge on any atom is -0.476 e. The molecule has 0 atom stereocenters. The zero-order valence-corrected chi connectivity index (χ0v) is 12.7. The van der Waals surface area contributed by atoms with Gasteiger partial charge in [0.05, 0.1) is 11.0 Å². The second kappa shape index (κ2) is 6.04. The molecule has 0 fully saturated rings. The third kappa shape index (κ3) is 2.73. The molecule has 1 aromatic heterocycles. The van der Waals surface area contributed by atoms with E-state index in [9.17, 15) is 14.7 Å². The molecule has 0 spiro atoms. The Hall–Kier alpha value is -2.95. The Bertz CT molecular complexity index is 927. The molecule has 1 heterocycles. The zero-order valence-electron chi connectivity index (χ0n) is 12.7. The van der Waals surface area contributed by atoms with Gasteiger partial charge in [-0.3, -0.25) is 9.36 Å². The van der Waals surface area contributed by atoms with Gasteiger partial charge in [-0.05, 0) is 36.2 Å². The van der Waals surface area contributed by atoms with Crippen LogP contribution in [-0.2, 0) is 6.42 Å². The van der Waals surface area contributed by atoms with Crippen molar-refractivity contribution in [1.29, 1.82) is 0 Å². The normalized spacial score (nSPS) is 10.8. The van der Waals surface area contributed by atoms with E-state index in [1.165, 1.54) is 10.1 Å². The Morgan fingerprint density at radius 3 is 2.48 bits per heavy atom. The smallest absolute Gasteiger partial charge is 0.360 e. The highest BCUT2D eigenvalue weighted by atomic mass is 16.4. The lowest BCUT2D eigenvalue weighted by Crippen LogP contribution is -2.27. The van der Waals surface area contributed by atoms with Crippen LogP contribution < -0.4 is 5.56 Å². The lowest BCUT2D eigenvalue weighted by atomic mass is 10.1. The second-order valence-electron chi connectivity index (χ2n) is 5.31. The molecule has 5 nitrogen and oxygen atoms in total. The molecule has 116 valence electrons. The Morgan fingerprint density at radius 2 is 1.83 bits per heavy atom. The fraction of sp³-hybridized carbons (Fsp3) is 0.167. The van der Waals surface area contributed by atoms with Crippen LogP contribution >= 0.6 is 0 Å². The van der Waals surface area contributed by atoms with Crippen LogP contribution in [0.2, 0.25) is 0 Å². The van der Waals surface area contributed by atoms with Gasteiger partial charge in [0.1, 0.15) is 0 Å². The van der Waals surface area contributed by atoms with Crippen LogP contribution in [0, 0.1) is 0 Å². The summed E-state index contributed by atoms with van der Waals surface area (Å²) in [7, 11) is 0. The predicted molar refractivity (Wildman–Crippen MR) is 88.3 cm³/mol. The van der Waals surface area contributed by atoms with E-state index in [-0.39, 0.29) is 0 Å². The lowest BCUT2D eigenvalue weighted by Gasteiger charge is -2.11. The van der Waals surface area contributed by atoms with E-state index >= 15 is 0 Å². The topological polar surface area (TPSA) is 72.2 Å². The van der Waals surface area contributed by atoms with Gasteiger partial charge in [-0.15, -0.1) is 0 Å². The fourth-order valence-corrected chi connectivity index (χ4v) is 2.63. The summed E-state index contributed by atoms with van der Waals surface area (Å²) in [5, 5.41) is 9.23. The summed E-state index contributed by atoms with van der Waals surface area (Å²) >= 11 is 0. The first-order valence-corrected chi connectivity index (χ1v) is 7.46. The number of carboxylic acids is 1. The highest BCUT2D eigenvalue weighted by molar-refractivity contribution is 5.88. The van der Waals surface area contributed by atoms with Gasteiger partial charge in [0, 0.05) is 5.69 Å². The SMILES string of the molecule is CCCc1ccc(-n2c(=O)c(C(=O)O)nc3ccccc32)cc1. The Labute approximate surface area is 132 Å². The van der Waals surface area contributed by atoms with Crippen LogP contribution in [0.5, 0.6) is 0 Å². The van der Waals surface area contributed by atoms with Gasteiger partial charge >= 0.3 is 5.97 Å². The quantitative estimate of drug-likeness (QED) is 0.804. The van der Waals surface area contributed by atoms with Crippen LogP contribution in [-0.4, -0.2) is 20.6 Å². The number of nitrogens with zero attached hydrogens (tertiary/aromatic N) is 2. The molecule has 0 radical (unpaired) electrons. The van der Waals surface area contributed by atoms with Gasteiger partial charge in [-0.1, -0.05) is 37.6 Å².